The van der Waals surface area contributed by atoms with Crippen LogP contribution in [0, 0.1) is 13.8 Å². The number of nitrogens with zero attached hydrogens (tertiary/aromatic N) is 4. The second kappa shape index (κ2) is 7.88. The van der Waals surface area contributed by atoms with E-state index in [2.05, 4.69) is 25.0 Å². The standard InChI is InChI=1S/C20H22N6O3S/c1-13(25-30(27,28)20-14(2)23-24-15(20)3)12-29-19-8-4-7-18-17(19)11-22-26(18)16-6-5-9-21-10-16/h4-11,13,25H,12H2,1-3H3,(H,23,24)/t13-/m0/s1. The summed E-state index contributed by atoms with van der Waals surface area (Å²) in [6.07, 6.45) is 5.17. The van der Waals surface area contributed by atoms with Crippen LogP contribution in [0.3, 0.4) is 0 Å². The van der Waals surface area contributed by atoms with Crippen LogP contribution in [-0.4, -0.2) is 46.0 Å². The second-order valence-electron chi connectivity index (χ2n) is 7.05. The van der Waals surface area contributed by atoms with Crippen molar-refractivity contribution in [2.75, 3.05) is 6.61 Å². The summed E-state index contributed by atoms with van der Waals surface area (Å²) >= 11 is 0. The Morgan fingerprint density at radius 2 is 2.03 bits per heavy atom. The lowest BCUT2D eigenvalue weighted by molar-refractivity contribution is 0.290. The largest absolute Gasteiger partial charge is 0.491 e. The molecule has 2 N–H and O–H groups in total. The van der Waals surface area contributed by atoms with Crippen LogP contribution < -0.4 is 9.46 Å². The average molecular weight is 427 g/mol. The molecule has 30 heavy (non-hydrogen) atoms. The molecular formula is C20H22N6O3S. The van der Waals surface area contributed by atoms with Crippen LogP contribution in [0.25, 0.3) is 16.6 Å². The molecular weight excluding hydrogens is 404 g/mol. The highest BCUT2D eigenvalue weighted by Crippen LogP contribution is 2.27. The Kier molecular flexibility index (Phi) is 5.27. The lowest BCUT2D eigenvalue weighted by Crippen LogP contribution is -2.37. The molecule has 0 spiro atoms. The van der Waals surface area contributed by atoms with Crippen molar-refractivity contribution in [2.45, 2.75) is 31.7 Å². The highest BCUT2D eigenvalue weighted by Gasteiger charge is 2.24. The number of hydrogen-bond acceptors (Lipinski definition) is 6. The van der Waals surface area contributed by atoms with E-state index < -0.39 is 16.1 Å². The van der Waals surface area contributed by atoms with E-state index in [4.69, 9.17) is 4.74 Å². The first kappa shape index (κ1) is 20.0. The zero-order valence-electron chi connectivity index (χ0n) is 16.8. The fraction of sp³-hybridized carbons (Fsp3) is 0.250. The summed E-state index contributed by atoms with van der Waals surface area (Å²) in [6.45, 7) is 5.24. The average Bonchev–Trinajstić information content (AvgIpc) is 3.30. The molecule has 0 aliphatic carbocycles. The van der Waals surface area contributed by atoms with E-state index >= 15 is 0 Å². The summed E-state index contributed by atoms with van der Waals surface area (Å²) in [5, 5.41) is 11.9. The first-order chi connectivity index (χ1) is 14.4. The van der Waals surface area contributed by atoms with Gasteiger partial charge in [0.15, 0.2) is 0 Å². The van der Waals surface area contributed by atoms with Gasteiger partial charge in [0.05, 0.1) is 46.4 Å². The van der Waals surface area contributed by atoms with Crippen LogP contribution >= 0.6 is 0 Å². The van der Waals surface area contributed by atoms with Crippen molar-refractivity contribution < 1.29 is 13.2 Å². The second-order valence-corrected chi connectivity index (χ2v) is 8.70. The molecule has 10 heteroatoms. The highest BCUT2D eigenvalue weighted by molar-refractivity contribution is 7.89. The summed E-state index contributed by atoms with van der Waals surface area (Å²) in [4.78, 5) is 4.31. The highest BCUT2D eigenvalue weighted by atomic mass is 32.2. The van der Waals surface area contributed by atoms with E-state index in [-0.39, 0.29) is 11.5 Å². The Morgan fingerprint density at radius 1 is 1.20 bits per heavy atom. The van der Waals surface area contributed by atoms with Gasteiger partial charge in [-0.25, -0.2) is 17.8 Å². The SMILES string of the molecule is Cc1n[nH]c(C)c1S(=O)(=O)N[C@@H](C)COc1cccc2c1cnn2-c1cccnc1. The number of fused-ring (bicyclic) bond motifs is 1. The maximum absolute atomic E-state index is 12.7. The monoisotopic (exact) mass is 426 g/mol. The van der Waals surface area contributed by atoms with Crippen molar-refractivity contribution >= 4 is 20.9 Å². The molecule has 1 aromatic carbocycles. The Balaban J connectivity index is 1.51. The predicted octanol–water partition coefficient (Wildman–Crippen LogP) is 2.51. The van der Waals surface area contributed by atoms with Gasteiger partial charge in [-0.05, 0) is 45.0 Å². The quantitative estimate of drug-likeness (QED) is 0.469. The maximum Gasteiger partial charge on any atom is 0.244 e. The molecule has 4 rings (SSSR count). The number of hydrogen-bond donors (Lipinski definition) is 2. The molecule has 0 saturated heterocycles. The number of ether oxygens (including phenoxy) is 1. The number of pyridine rings is 1. The lowest BCUT2D eigenvalue weighted by atomic mass is 10.2. The van der Waals surface area contributed by atoms with Gasteiger partial charge < -0.3 is 4.74 Å². The zero-order valence-corrected chi connectivity index (χ0v) is 17.6. The molecule has 1 atom stereocenters. The molecule has 3 aromatic heterocycles. The Morgan fingerprint density at radius 3 is 2.73 bits per heavy atom. The molecule has 0 aliphatic heterocycles. The first-order valence-electron chi connectivity index (χ1n) is 9.40. The van der Waals surface area contributed by atoms with Gasteiger partial charge in [0, 0.05) is 6.20 Å². The molecule has 0 aliphatic rings. The molecule has 156 valence electrons. The van der Waals surface area contributed by atoms with Crippen LogP contribution in [0.2, 0.25) is 0 Å². The number of H-pyrrole nitrogens is 1. The maximum atomic E-state index is 12.7. The normalized spacial score (nSPS) is 12.9. The van der Waals surface area contributed by atoms with Crippen LogP contribution in [-0.2, 0) is 10.0 Å². The Bertz CT molecular complexity index is 1260. The van der Waals surface area contributed by atoms with Crippen molar-refractivity contribution in [3.63, 3.8) is 0 Å². The third-order valence-electron chi connectivity index (χ3n) is 4.64. The smallest absolute Gasteiger partial charge is 0.244 e. The van der Waals surface area contributed by atoms with E-state index in [1.54, 1.807) is 44.0 Å². The van der Waals surface area contributed by atoms with Gasteiger partial charge in [-0.1, -0.05) is 6.07 Å². The summed E-state index contributed by atoms with van der Waals surface area (Å²) in [5.74, 6) is 0.629. The molecule has 0 saturated carbocycles. The van der Waals surface area contributed by atoms with Gasteiger partial charge in [0.25, 0.3) is 0 Å². The van der Waals surface area contributed by atoms with Gasteiger partial charge in [0.1, 0.15) is 17.3 Å². The molecule has 3 heterocycles. The van der Waals surface area contributed by atoms with Gasteiger partial charge in [-0.3, -0.25) is 10.1 Å². The minimum absolute atomic E-state index is 0.159. The minimum atomic E-state index is -3.70. The van der Waals surface area contributed by atoms with Gasteiger partial charge in [0.2, 0.25) is 10.0 Å². The van der Waals surface area contributed by atoms with E-state index in [0.717, 1.165) is 16.6 Å². The third-order valence-corrected chi connectivity index (χ3v) is 6.49. The van der Waals surface area contributed by atoms with Crippen molar-refractivity contribution in [1.82, 2.24) is 29.7 Å². The van der Waals surface area contributed by atoms with Crippen molar-refractivity contribution in [3.8, 4) is 11.4 Å². The summed E-state index contributed by atoms with van der Waals surface area (Å²) < 4.78 is 35.7. The van der Waals surface area contributed by atoms with E-state index in [0.29, 0.717) is 17.1 Å². The topological polar surface area (TPSA) is 115 Å². The Labute approximate surface area is 174 Å². The van der Waals surface area contributed by atoms with Crippen molar-refractivity contribution in [2.24, 2.45) is 0 Å². The fourth-order valence-corrected chi connectivity index (χ4v) is 4.94. The molecule has 0 unspecified atom stereocenters. The fourth-order valence-electron chi connectivity index (χ4n) is 3.34. The number of aromatic amines is 1. The van der Waals surface area contributed by atoms with Crippen LogP contribution in [0.4, 0.5) is 0 Å². The van der Waals surface area contributed by atoms with Gasteiger partial charge in [-0.15, -0.1) is 0 Å². The number of sulfonamides is 1. The van der Waals surface area contributed by atoms with Gasteiger partial charge in [-0.2, -0.15) is 10.2 Å². The molecule has 4 aromatic rings. The molecule has 0 amide bonds. The van der Waals surface area contributed by atoms with Gasteiger partial charge >= 0.3 is 0 Å². The number of nitrogens with one attached hydrogen (secondary N) is 2. The lowest BCUT2D eigenvalue weighted by Gasteiger charge is -2.16. The van der Waals surface area contributed by atoms with E-state index in [1.807, 2.05) is 30.3 Å². The van der Waals surface area contributed by atoms with Crippen molar-refractivity contribution in [1.29, 1.82) is 0 Å². The summed E-state index contributed by atoms with van der Waals surface area (Å²) in [5.41, 5.74) is 2.65. The van der Waals surface area contributed by atoms with E-state index in [9.17, 15) is 8.42 Å². The molecule has 0 radical (unpaired) electrons. The predicted molar refractivity (Wildman–Crippen MR) is 112 cm³/mol. The molecule has 9 nitrogen and oxygen atoms in total. The number of rotatable bonds is 7. The molecule has 0 fully saturated rings. The summed E-state index contributed by atoms with van der Waals surface area (Å²) in [6, 6.07) is 8.97. The van der Waals surface area contributed by atoms with Crippen molar-refractivity contribution in [3.05, 3.63) is 60.3 Å². The van der Waals surface area contributed by atoms with E-state index in [1.165, 1.54) is 0 Å². The van der Waals surface area contributed by atoms with Crippen LogP contribution in [0.15, 0.2) is 53.8 Å². The third kappa shape index (κ3) is 3.79. The molecule has 0 bridgehead atoms. The van der Waals surface area contributed by atoms with Crippen LogP contribution in [0.1, 0.15) is 18.3 Å². The minimum Gasteiger partial charge on any atom is -0.491 e. The van der Waals surface area contributed by atoms with Crippen LogP contribution in [0.5, 0.6) is 5.75 Å². The number of aromatic nitrogens is 5. The zero-order chi connectivity index (χ0) is 21.3. The first-order valence-corrected chi connectivity index (χ1v) is 10.9. The summed E-state index contributed by atoms with van der Waals surface area (Å²) in [7, 11) is -3.70. The number of aryl methyl sites for hydroxylation is 2. The number of benzene rings is 1. The Hall–Kier alpha value is -3.24.